The highest BCUT2D eigenvalue weighted by molar-refractivity contribution is 5.79. The highest BCUT2D eigenvalue weighted by Gasteiger charge is 2.32. The zero-order chi connectivity index (χ0) is 15.7. The predicted octanol–water partition coefficient (Wildman–Crippen LogP) is 0.177. The van der Waals surface area contributed by atoms with Gasteiger partial charge in [-0.05, 0) is 19.8 Å². The van der Waals surface area contributed by atoms with Crippen LogP contribution in [0.5, 0.6) is 0 Å². The van der Waals surface area contributed by atoms with E-state index in [0.29, 0.717) is 32.0 Å². The van der Waals surface area contributed by atoms with Crippen LogP contribution in [0, 0.1) is 12.8 Å². The van der Waals surface area contributed by atoms with E-state index in [4.69, 9.17) is 5.73 Å². The maximum absolute atomic E-state index is 12.4. The van der Waals surface area contributed by atoms with Crippen molar-refractivity contribution in [3.05, 3.63) is 11.8 Å². The SMILES string of the molecule is Cc1cc(N2CCN(C(=O)C3CCC3)C[C@@H](O)C2)nc(N)n1. The number of carbonyl (C=O) groups excluding carboxylic acids is 1. The molecule has 3 rings (SSSR count). The molecule has 2 aliphatic rings. The van der Waals surface area contributed by atoms with E-state index in [-0.39, 0.29) is 17.8 Å². The van der Waals surface area contributed by atoms with Crippen LogP contribution in [0.3, 0.4) is 0 Å². The van der Waals surface area contributed by atoms with Crippen molar-refractivity contribution < 1.29 is 9.90 Å². The average Bonchev–Trinajstić information content (AvgIpc) is 2.57. The summed E-state index contributed by atoms with van der Waals surface area (Å²) in [6.45, 7) is 3.96. The number of aliphatic hydroxyl groups excluding tert-OH is 1. The fourth-order valence-electron chi connectivity index (χ4n) is 3.05. The second-order valence-electron chi connectivity index (χ2n) is 6.24. The minimum atomic E-state index is -0.581. The number of aliphatic hydroxyl groups is 1. The highest BCUT2D eigenvalue weighted by atomic mass is 16.3. The molecule has 3 N–H and O–H groups in total. The summed E-state index contributed by atoms with van der Waals surface area (Å²) in [7, 11) is 0. The first-order chi connectivity index (χ1) is 10.5. The second-order valence-corrected chi connectivity index (χ2v) is 6.24. The second kappa shape index (κ2) is 6.08. The third-order valence-electron chi connectivity index (χ3n) is 4.45. The Morgan fingerprint density at radius 3 is 2.73 bits per heavy atom. The average molecular weight is 305 g/mol. The van der Waals surface area contributed by atoms with Crippen LogP contribution < -0.4 is 10.6 Å². The Morgan fingerprint density at radius 2 is 2.09 bits per heavy atom. The number of nitrogens with two attached hydrogens (primary N) is 1. The normalized spacial score (nSPS) is 23.1. The first-order valence-electron chi connectivity index (χ1n) is 7.86. The Kier molecular flexibility index (Phi) is 4.15. The summed E-state index contributed by atoms with van der Waals surface area (Å²) < 4.78 is 0. The van der Waals surface area contributed by atoms with Gasteiger partial charge in [0.2, 0.25) is 11.9 Å². The lowest BCUT2D eigenvalue weighted by atomic mass is 9.84. The van der Waals surface area contributed by atoms with Crippen molar-refractivity contribution in [2.45, 2.75) is 32.3 Å². The molecule has 2 heterocycles. The largest absolute Gasteiger partial charge is 0.389 e. The summed E-state index contributed by atoms with van der Waals surface area (Å²) in [5.74, 6) is 1.29. The molecule has 1 saturated heterocycles. The van der Waals surface area contributed by atoms with E-state index in [1.807, 2.05) is 17.9 Å². The van der Waals surface area contributed by atoms with E-state index in [9.17, 15) is 9.90 Å². The van der Waals surface area contributed by atoms with Gasteiger partial charge in [-0.25, -0.2) is 4.98 Å². The van der Waals surface area contributed by atoms with E-state index >= 15 is 0 Å². The molecule has 0 radical (unpaired) electrons. The van der Waals surface area contributed by atoms with Gasteiger partial charge in [-0.2, -0.15) is 4.98 Å². The summed E-state index contributed by atoms with van der Waals surface area (Å²) >= 11 is 0. The first kappa shape index (κ1) is 15.0. The van der Waals surface area contributed by atoms with Crippen LogP contribution in [0.25, 0.3) is 0 Å². The lowest BCUT2D eigenvalue weighted by molar-refractivity contribution is -0.139. The molecule has 1 atom stereocenters. The number of nitrogens with zero attached hydrogens (tertiary/aromatic N) is 4. The predicted molar refractivity (Wildman–Crippen MR) is 83.3 cm³/mol. The first-order valence-corrected chi connectivity index (χ1v) is 7.86. The molecule has 1 aromatic heterocycles. The minimum Gasteiger partial charge on any atom is -0.389 e. The van der Waals surface area contributed by atoms with Gasteiger partial charge in [-0.1, -0.05) is 6.42 Å². The molecule has 0 spiro atoms. The van der Waals surface area contributed by atoms with Gasteiger partial charge in [0.15, 0.2) is 0 Å². The zero-order valence-corrected chi connectivity index (χ0v) is 12.9. The Bertz CT molecular complexity index is 541. The third-order valence-corrected chi connectivity index (χ3v) is 4.45. The number of aryl methyl sites for hydroxylation is 1. The van der Waals surface area contributed by atoms with Crippen LogP contribution in [0.15, 0.2) is 6.07 Å². The highest BCUT2D eigenvalue weighted by Crippen LogP contribution is 2.28. The number of hydrogen-bond donors (Lipinski definition) is 2. The number of β-amino-alcohol motifs (C(OH)–C–C–N with tert-alkyl or cyclic N) is 1. The van der Waals surface area contributed by atoms with Crippen LogP contribution >= 0.6 is 0 Å². The summed E-state index contributed by atoms with van der Waals surface area (Å²) in [5.41, 5.74) is 6.50. The molecule has 1 saturated carbocycles. The Morgan fingerprint density at radius 1 is 1.32 bits per heavy atom. The number of amides is 1. The zero-order valence-electron chi connectivity index (χ0n) is 12.9. The third kappa shape index (κ3) is 3.14. The summed E-state index contributed by atoms with van der Waals surface area (Å²) in [6.07, 6.45) is 2.52. The van der Waals surface area contributed by atoms with Crippen molar-refractivity contribution in [1.82, 2.24) is 14.9 Å². The van der Waals surface area contributed by atoms with Gasteiger partial charge in [-0.3, -0.25) is 4.79 Å². The molecule has 1 aliphatic carbocycles. The lowest BCUT2D eigenvalue weighted by Gasteiger charge is -2.31. The van der Waals surface area contributed by atoms with E-state index in [1.54, 1.807) is 4.90 Å². The van der Waals surface area contributed by atoms with Crippen LogP contribution in [0.1, 0.15) is 25.0 Å². The number of nitrogen functional groups attached to an aromatic ring is 1. The topological polar surface area (TPSA) is 95.6 Å². The number of anilines is 2. The molecule has 1 aliphatic heterocycles. The van der Waals surface area contributed by atoms with E-state index in [2.05, 4.69) is 9.97 Å². The fraction of sp³-hybridized carbons (Fsp3) is 0.667. The van der Waals surface area contributed by atoms with Gasteiger partial charge in [0.25, 0.3) is 0 Å². The quantitative estimate of drug-likeness (QED) is 0.809. The molecular formula is C15H23N5O2. The molecule has 22 heavy (non-hydrogen) atoms. The van der Waals surface area contributed by atoms with Gasteiger partial charge in [0.1, 0.15) is 5.82 Å². The summed E-state index contributed by atoms with van der Waals surface area (Å²) in [5, 5.41) is 10.2. The van der Waals surface area contributed by atoms with Crippen molar-refractivity contribution in [2.75, 3.05) is 36.8 Å². The summed E-state index contributed by atoms with van der Waals surface area (Å²) in [6, 6.07) is 1.85. The smallest absolute Gasteiger partial charge is 0.225 e. The fourth-order valence-corrected chi connectivity index (χ4v) is 3.05. The summed E-state index contributed by atoms with van der Waals surface area (Å²) in [4.78, 5) is 24.5. The van der Waals surface area contributed by atoms with Crippen LogP contribution in [0.4, 0.5) is 11.8 Å². The molecule has 0 bridgehead atoms. The van der Waals surface area contributed by atoms with Crippen molar-refractivity contribution in [3.63, 3.8) is 0 Å². The van der Waals surface area contributed by atoms with Crippen LogP contribution in [-0.2, 0) is 4.79 Å². The van der Waals surface area contributed by atoms with Gasteiger partial charge in [-0.15, -0.1) is 0 Å². The van der Waals surface area contributed by atoms with Gasteiger partial charge < -0.3 is 20.6 Å². The molecule has 120 valence electrons. The standard InChI is InChI=1S/C15H23N5O2/c1-10-7-13(18-15(16)17-10)19-5-6-20(9-12(21)8-19)14(22)11-3-2-4-11/h7,11-12,21H,2-6,8-9H2,1H3,(H2,16,17,18)/t12-/m0/s1. The molecule has 1 aromatic rings. The van der Waals surface area contributed by atoms with E-state index < -0.39 is 6.10 Å². The van der Waals surface area contributed by atoms with E-state index in [0.717, 1.165) is 25.0 Å². The molecule has 7 nitrogen and oxygen atoms in total. The minimum absolute atomic E-state index is 0.163. The maximum atomic E-state index is 12.4. The Hall–Kier alpha value is -1.89. The monoisotopic (exact) mass is 305 g/mol. The lowest BCUT2D eigenvalue weighted by Crippen LogP contribution is -2.43. The van der Waals surface area contributed by atoms with Crippen LogP contribution in [-0.4, -0.2) is 58.2 Å². The Balaban J connectivity index is 1.72. The number of carbonyl (C=O) groups is 1. The van der Waals surface area contributed by atoms with Crippen molar-refractivity contribution in [2.24, 2.45) is 5.92 Å². The Labute approximate surface area is 130 Å². The van der Waals surface area contributed by atoms with Crippen molar-refractivity contribution in [1.29, 1.82) is 0 Å². The maximum Gasteiger partial charge on any atom is 0.225 e. The molecular weight excluding hydrogens is 282 g/mol. The van der Waals surface area contributed by atoms with Gasteiger partial charge >= 0.3 is 0 Å². The molecule has 7 heteroatoms. The molecule has 0 unspecified atom stereocenters. The van der Waals surface area contributed by atoms with Gasteiger partial charge in [0, 0.05) is 43.9 Å². The molecule has 0 aromatic carbocycles. The molecule has 1 amide bonds. The van der Waals surface area contributed by atoms with Crippen molar-refractivity contribution >= 4 is 17.7 Å². The van der Waals surface area contributed by atoms with Crippen LogP contribution in [0.2, 0.25) is 0 Å². The number of aromatic nitrogens is 2. The van der Waals surface area contributed by atoms with Crippen molar-refractivity contribution in [3.8, 4) is 0 Å². The number of hydrogen-bond acceptors (Lipinski definition) is 6. The molecule has 2 fully saturated rings. The number of rotatable bonds is 2. The van der Waals surface area contributed by atoms with E-state index in [1.165, 1.54) is 0 Å². The van der Waals surface area contributed by atoms with Gasteiger partial charge in [0.05, 0.1) is 6.10 Å².